The molecule has 0 aromatic heterocycles. The van der Waals surface area contributed by atoms with Gasteiger partial charge in [0.05, 0.1) is 15.6 Å². The largest absolute Gasteiger partial charge is 0.482 e. The number of sulfonamides is 1. The fourth-order valence-corrected chi connectivity index (χ4v) is 5.40. The van der Waals surface area contributed by atoms with Gasteiger partial charge in [-0.15, -0.1) is 0 Å². The lowest BCUT2D eigenvalue weighted by atomic mass is 10.2. The van der Waals surface area contributed by atoms with Crippen molar-refractivity contribution in [3.63, 3.8) is 0 Å². The van der Waals surface area contributed by atoms with Crippen LogP contribution in [-0.4, -0.2) is 27.5 Å². The molecule has 0 atom stereocenters. The number of fused-ring (bicyclic) bond motifs is 1. The van der Waals surface area contributed by atoms with Crippen LogP contribution in [0.5, 0.6) is 5.75 Å². The first-order chi connectivity index (χ1) is 15.3. The van der Waals surface area contributed by atoms with E-state index in [1.807, 2.05) is 30.3 Å². The van der Waals surface area contributed by atoms with Gasteiger partial charge >= 0.3 is 0 Å². The predicted molar refractivity (Wildman–Crippen MR) is 125 cm³/mol. The van der Waals surface area contributed by atoms with Crippen LogP contribution in [0.4, 0.5) is 5.69 Å². The summed E-state index contributed by atoms with van der Waals surface area (Å²) < 4.78 is 33.1. The number of benzene rings is 3. The topological polar surface area (TPSA) is 75.7 Å². The van der Waals surface area contributed by atoms with E-state index in [4.69, 9.17) is 27.9 Å². The Morgan fingerprint density at radius 1 is 1.03 bits per heavy atom. The number of hydrogen-bond donors (Lipinski definition) is 1. The lowest BCUT2D eigenvalue weighted by Gasteiger charge is -2.20. The molecular formula is C23H20Cl2N2O4S. The van der Waals surface area contributed by atoms with Crippen molar-refractivity contribution in [2.24, 2.45) is 0 Å². The summed E-state index contributed by atoms with van der Waals surface area (Å²) in [5.41, 5.74) is 2.58. The number of nitrogens with one attached hydrogen (secondary N) is 1. The van der Waals surface area contributed by atoms with Gasteiger partial charge in [0.25, 0.3) is 15.9 Å². The molecular weight excluding hydrogens is 471 g/mol. The van der Waals surface area contributed by atoms with E-state index in [1.54, 1.807) is 18.2 Å². The molecule has 0 saturated carbocycles. The first-order valence-electron chi connectivity index (χ1n) is 9.89. The number of ether oxygens (including phenoxy) is 1. The molecule has 6 nitrogen and oxygen atoms in total. The van der Waals surface area contributed by atoms with Crippen LogP contribution in [0.2, 0.25) is 10.0 Å². The molecule has 1 aliphatic heterocycles. The Hall–Kier alpha value is -2.74. The van der Waals surface area contributed by atoms with Crippen LogP contribution in [0.3, 0.4) is 0 Å². The van der Waals surface area contributed by atoms with E-state index in [0.29, 0.717) is 30.2 Å². The summed E-state index contributed by atoms with van der Waals surface area (Å²) in [6.45, 7) is 0.464. The average Bonchev–Trinajstić information content (AvgIpc) is 3.23. The fourth-order valence-electron chi connectivity index (χ4n) is 3.44. The third-order valence-electron chi connectivity index (χ3n) is 5.10. The van der Waals surface area contributed by atoms with Crippen molar-refractivity contribution in [2.75, 3.05) is 17.5 Å². The summed E-state index contributed by atoms with van der Waals surface area (Å²) >= 11 is 12.1. The second kappa shape index (κ2) is 9.40. The molecule has 1 aliphatic rings. The highest BCUT2D eigenvalue weighted by Crippen LogP contribution is 2.35. The lowest BCUT2D eigenvalue weighted by Crippen LogP contribution is -2.29. The summed E-state index contributed by atoms with van der Waals surface area (Å²) in [7, 11) is -3.76. The maximum atomic E-state index is 13.1. The Morgan fingerprint density at radius 2 is 1.78 bits per heavy atom. The highest BCUT2D eigenvalue weighted by molar-refractivity contribution is 7.92. The number of carbonyl (C=O) groups excluding carboxylic acids is 1. The van der Waals surface area contributed by atoms with Crippen molar-refractivity contribution in [3.05, 3.63) is 87.9 Å². The molecule has 1 amide bonds. The van der Waals surface area contributed by atoms with E-state index in [2.05, 4.69) is 5.32 Å². The Labute approximate surface area is 196 Å². The first kappa shape index (κ1) is 22.5. The quantitative estimate of drug-likeness (QED) is 0.531. The predicted octanol–water partition coefficient (Wildman–Crippen LogP) is 4.44. The van der Waals surface area contributed by atoms with Crippen LogP contribution in [0.1, 0.15) is 11.1 Å². The van der Waals surface area contributed by atoms with Crippen LogP contribution in [0.15, 0.2) is 71.6 Å². The van der Waals surface area contributed by atoms with Crippen molar-refractivity contribution < 1.29 is 17.9 Å². The monoisotopic (exact) mass is 490 g/mol. The second-order valence-corrected chi connectivity index (χ2v) is 9.95. The SMILES string of the molecule is O=C(COc1ccc(S(=O)(=O)N2CCc3ccccc32)cc1Cl)NCc1ccc(Cl)cc1. The molecule has 0 bridgehead atoms. The zero-order chi connectivity index (χ0) is 22.7. The molecule has 0 aliphatic carbocycles. The summed E-state index contributed by atoms with van der Waals surface area (Å²) in [5.74, 6) is -0.101. The third kappa shape index (κ3) is 4.85. The summed E-state index contributed by atoms with van der Waals surface area (Å²) in [6, 6.07) is 18.8. The molecule has 1 N–H and O–H groups in total. The summed E-state index contributed by atoms with van der Waals surface area (Å²) in [5, 5.41) is 3.48. The number of hydrogen-bond acceptors (Lipinski definition) is 4. The lowest BCUT2D eigenvalue weighted by molar-refractivity contribution is -0.123. The van der Waals surface area contributed by atoms with Gasteiger partial charge in [0.15, 0.2) is 6.61 Å². The standard InChI is InChI=1S/C23H20Cl2N2O4S/c24-18-7-5-16(6-8-18)14-26-23(28)15-31-22-10-9-19(13-20(22)25)32(29,30)27-12-11-17-3-1-2-4-21(17)27/h1-10,13H,11-12,14-15H2,(H,26,28). The maximum Gasteiger partial charge on any atom is 0.264 e. The van der Waals surface area contributed by atoms with Gasteiger partial charge in [-0.25, -0.2) is 8.42 Å². The van der Waals surface area contributed by atoms with Crippen molar-refractivity contribution in [2.45, 2.75) is 17.9 Å². The van der Waals surface area contributed by atoms with Gasteiger partial charge in [-0.05, 0) is 53.9 Å². The van der Waals surface area contributed by atoms with E-state index in [-0.39, 0.29) is 28.2 Å². The smallest absolute Gasteiger partial charge is 0.264 e. The Bertz CT molecular complexity index is 1250. The molecule has 0 fully saturated rings. The van der Waals surface area contributed by atoms with Crippen molar-refractivity contribution in [3.8, 4) is 5.75 Å². The van der Waals surface area contributed by atoms with Crippen LogP contribution in [-0.2, 0) is 27.8 Å². The molecule has 0 saturated heterocycles. The zero-order valence-corrected chi connectivity index (χ0v) is 19.3. The zero-order valence-electron chi connectivity index (χ0n) is 16.9. The van der Waals surface area contributed by atoms with E-state index in [0.717, 1.165) is 11.1 Å². The van der Waals surface area contributed by atoms with Crippen LogP contribution in [0, 0.1) is 0 Å². The average molecular weight is 491 g/mol. The van der Waals surface area contributed by atoms with Crippen LogP contribution < -0.4 is 14.4 Å². The van der Waals surface area contributed by atoms with E-state index < -0.39 is 10.0 Å². The molecule has 0 radical (unpaired) electrons. The third-order valence-corrected chi connectivity index (χ3v) is 7.45. The normalized spacial score (nSPS) is 13.0. The molecule has 1 heterocycles. The minimum atomic E-state index is -3.76. The molecule has 32 heavy (non-hydrogen) atoms. The molecule has 3 aromatic rings. The molecule has 3 aromatic carbocycles. The van der Waals surface area contributed by atoms with Crippen molar-refractivity contribution in [1.29, 1.82) is 0 Å². The van der Waals surface area contributed by atoms with Gasteiger partial charge in [0.1, 0.15) is 5.75 Å². The number of para-hydroxylation sites is 1. The van der Waals surface area contributed by atoms with Gasteiger partial charge in [0, 0.05) is 18.1 Å². The van der Waals surface area contributed by atoms with E-state index >= 15 is 0 Å². The second-order valence-electron chi connectivity index (χ2n) is 7.24. The van der Waals surface area contributed by atoms with E-state index in [9.17, 15) is 13.2 Å². The Kier molecular flexibility index (Phi) is 6.60. The van der Waals surface area contributed by atoms with E-state index in [1.165, 1.54) is 22.5 Å². The molecule has 9 heteroatoms. The van der Waals surface area contributed by atoms with Gasteiger partial charge in [-0.3, -0.25) is 9.10 Å². The van der Waals surface area contributed by atoms with Gasteiger partial charge in [-0.1, -0.05) is 53.5 Å². The molecule has 0 unspecified atom stereocenters. The molecule has 0 spiro atoms. The van der Waals surface area contributed by atoms with Gasteiger partial charge in [0.2, 0.25) is 0 Å². The maximum absolute atomic E-state index is 13.1. The molecule has 166 valence electrons. The number of anilines is 1. The summed E-state index contributed by atoms with van der Waals surface area (Å²) in [6.07, 6.45) is 0.662. The van der Waals surface area contributed by atoms with Crippen molar-refractivity contribution in [1.82, 2.24) is 5.32 Å². The fraction of sp³-hybridized carbons (Fsp3) is 0.174. The van der Waals surface area contributed by atoms with Crippen LogP contribution in [0.25, 0.3) is 0 Å². The number of carbonyl (C=O) groups is 1. The number of nitrogens with zero attached hydrogens (tertiary/aromatic N) is 1. The Morgan fingerprint density at radius 3 is 2.53 bits per heavy atom. The highest BCUT2D eigenvalue weighted by atomic mass is 35.5. The number of amides is 1. The van der Waals surface area contributed by atoms with Gasteiger partial charge in [-0.2, -0.15) is 0 Å². The minimum Gasteiger partial charge on any atom is -0.482 e. The number of halogens is 2. The van der Waals surface area contributed by atoms with Crippen molar-refractivity contribution >= 4 is 44.8 Å². The van der Waals surface area contributed by atoms with Gasteiger partial charge < -0.3 is 10.1 Å². The minimum absolute atomic E-state index is 0.0683. The highest BCUT2D eigenvalue weighted by Gasteiger charge is 2.31. The van der Waals surface area contributed by atoms with Crippen LogP contribution >= 0.6 is 23.2 Å². The Balaban J connectivity index is 1.39. The molecule has 4 rings (SSSR count). The summed E-state index contributed by atoms with van der Waals surface area (Å²) in [4.78, 5) is 12.1. The first-order valence-corrected chi connectivity index (χ1v) is 12.1. The number of rotatable bonds is 7.